The fourth-order valence-corrected chi connectivity index (χ4v) is 2.38. The van der Waals surface area contributed by atoms with Crippen LogP contribution < -0.4 is 10.1 Å². The summed E-state index contributed by atoms with van der Waals surface area (Å²) in [7, 11) is 2.85. The van der Waals surface area contributed by atoms with Gasteiger partial charge in [0.25, 0.3) is 5.91 Å². The number of hydrogen-bond acceptors (Lipinski definition) is 5. The van der Waals surface area contributed by atoms with E-state index in [2.05, 4.69) is 10.5 Å². The molecule has 0 saturated heterocycles. The van der Waals surface area contributed by atoms with Crippen LogP contribution in [-0.4, -0.2) is 36.9 Å². The zero-order valence-electron chi connectivity index (χ0n) is 14.8. The van der Waals surface area contributed by atoms with Crippen LogP contribution in [0.1, 0.15) is 27.0 Å². The molecule has 2 aromatic carbocycles. The largest absolute Gasteiger partial charge is 0.488 e. The van der Waals surface area contributed by atoms with Crippen LogP contribution >= 0.6 is 0 Å². The molecule has 0 saturated carbocycles. The lowest BCUT2D eigenvalue weighted by Crippen LogP contribution is -2.29. The van der Waals surface area contributed by atoms with Gasteiger partial charge in [0, 0.05) is 12.6 Å². The molecule has 0 heterocycles. The summed E-state index contributed by atoms with van der Waals surface area (Å²) < 4.78 is 5.74. The summed E-state index contributed by atoms with van der Waals surface area (Å²) in [6.07, 6.45) is 0. The molecule has 26 heavy (non-hydrogen) atoms. The van der Waals surface area contributed by atoms with Gasteiger partial charge in [0.2, 0.25) is 0 Å². The molecule has 2 aromatic rings. The molecule has 0 aliphatic carbocycles. The van der Waals surface area contributed by atoms with Crippen LogP contribution in [0.4, 0.5) is 0 Å². The summed E-state index contributed by atoms with van der Waals surface area (Å²) >= 11 is 0. The van der Waals surface area contributed by atoms with Gasteiger partial charge < -0.3 is 20.0 Å². The number of nitrogens with zero attached hydrogens (tertiary/aromatic N) is 1. The Morgan fingerprint density at radius 3 is 2.54 bits per heavy atom. The molecule has 0 radical (unpaired) electrons. The molecular formula is C19H20N2O5. The maximum absolute atomic E-state index is 12.1. The van der Waals surface area contributed by atoms with E-state index in [-0.39, 0.29) is 23.6 Å². The molecule has 136 valence electrons. The number of amides is 1. The van der Waals surface area contributed by atoms with Gasteiger partial charge in [-0.1, -0.05) is 35.5 Å². The van der Waals surface area contributed by atoms with E-state index in [9.17, 15) is 14.7 Å². The fraction of sp³-hybridized carbons (Fsp3) is 0.211. The van der Waals surface area contributed by atoms with Gasteiger partial charge in [-0.3, -0.25) is 4.79 Å². The number of likely N-dealkylation sites (N-methyl/N-ethyl adjacent to an activating group) is 1. The van der Waals surface area contributed by atoms with Crippen molar-refractivity contribution < 1.29 is 24.3 Å². The van der Waals surface area contributed by atoms with Gasteiger partial charge in [-0.05, 0) is 30.2 Å². The van der Waals surface area contributed by atoms with Crippen LogP contribution in [0.25, 0.3) is 0 Å². The Kier molecular flexibility index (Phi) is 6.32. The van der Waals surface area contributed by atoms with Gasteiger partial charge >= 0.3 is 5.97 Å². The number of aromatic carboxylic acids is 1. The molecule has 0 bridgehead atoms. The molecule has 1 amide bonds. The number of carbonyl (C=O) groups excluding carboxylic acids is 1. The lowest BCUT2D eigenvalue weighted by atomic mass is 10.0. The van der Waals surface area contributed by atoms with Gasteiger partial charge in [0.1, 0.15) is 25.0 Å². The molecular weight excluding hydrogens is 336 g/mol. The van der Waals surface area contributed by atoms with E-state index in [1.165, 1.54) is 20.2 Å². The minimum Gasteiger partial charge on any atom is -0.488 e. The number of nitrogens with one attached hydrogen (secondary N) is 1. The average molecular weight is 356 g/mol. The number of carbonyl (C=O) groups is 2. The van der Waals surface area contributed by atoms with Gasteiger partial charge in [0.05, 0.1) is 0 Å². The van der Waals surface area contributed by atoms with Crippen molar-refractivity contribution in [2.24, 2.45) is 5.16 Å². The highest BCUT2D eigenvalue weighted by atomic mass is 16.6. The Labute approximate surface area is 151 Å². The zero-order valence-corrected chi connectivity index (χ0v) is 14.8. The number of rotatable bonds is 7. The number of hydrogen-bond donors (Lipinski definition) is 2. The number of carboxylic acid groups (broad SMARTS) is 1. The number of benzene rings is 2. The van der Waals surface area contributed by atoms with Gasteiger partial charge in [0.15, 0.2) is 5.71 Å². The second-order valence-electron chi connectivity index (χ2n) is 5.45. The molecule has 7 heteroatoms. The summed E-state index contributed by atoms with van der Waals surface area (Å²) in [6, 6.07) is 11.9. The Hall–Kier alpha value is -3.35. The highest BCUT2D eigenvalue weighted by Crippen LogP contribution is 2.22. The van der Waals surface area contributed by atoms with Crippen molar-refractivity contribution >= 4 is 17.6 Å². The third-order valence-corrected chi connectivity index (χ3v) is 3.65. The highest BCUT2D eigenvalue weighted by molar-refractivity contribution is 6.45. The maximum Gasteiger partial charge on any atom is 0.339 e. The van der Waals surface area contributed by atoms with E-state index < -0.39 is 11.9 Å². The molecule has 2 rings (SSSR count). The molecule has 0 aromatic heterocycles. The summed E-state index contributed by atoms with van der Waals surface area (Å²) in [5.74, 6) is -1.21. The van der Waals surface area contributed by atoms with E-state index in [0.717, 1.165) is 5.56 Å². The number of aryl methyl sites for hydroxylation is 1. The van der Waals surface area contributed by atoms with Gasteiger partial charge in [-0.2, -0.15) is 0 Å². The van der Waals surface area contributed by atoms with Crippen LogP contribution in [0, 0.1) is 6.92 Å². The lowest BCUT2D eigenvalue weighted by molar-refractivity contribution is -0.114. The van der Waals surface area contributed by atoms with E-state index >= 15 is 0 Å². The van der Waals surface area contributed by atoms with E-state index in [4.69, 9.17) is 9.57 Å². The van der Waals surface area contributed by atoms with Crippen molar-refractivity contribution in [3.63, 3.8) is 0 Å². The van der Waals surface area contributed by atoms with Crippen molar-refractivity contribution in [1.29, 1.82) is 0 Å². The monoisotopic (exact) mass is 356 g/mol. The van der Waals surface area contributed by atoms with Crippen LogP contribution in [0.15, 0.2) is 47.6 Å². The van der Waals surface area contributed by atoms with Crippen molar-refractivity contribution in [1.82, 2.24) is 5.32 Å². The van der Waals surface area contributed by atoms with Crippen molar-refractivity contribution in [2.45, 2.75) is 13.5 Å². The predicted molar refractivity (Wildman–Crippen MR) is 96.5 cm³/mol. The first-order valence-electron chi connectivity index (χ1n) is 7.86. The Bertz CT molecular complexity index is 846. The van der Waals surface area contributed by atoms with Crippen LogP contribution in [0.3, 0.4) is 0 Å². The zero-order chi connectivity index (χ0) is 19.1. The second-order valence-corrected chi connectivity index (χ2v) is 5.45. The number of oxime groups is 1. The van der Waals surface area contributed by atoms with Crippen LogP contribution in [0.2, 0.25) is 0 Å². The third-order valence-electron chi connectivity index (χ3n) is 3.65. The van der Waals surface area contributed by atoms with E-state index in [1.807, 2.05) is 6.92 Å². The normalized spacial score (nSPS) is 11.0. The molecule has 0 aliphatic rings. The quantitative estimate of drug-likeness (QED) is 0.586. The lowest BCUT2D eigenvalue weighted by Gasteiger charge is -2.13. The summed E-state index contributed by atoms with van der Waals surface area (Å²) in [5.41, 5.74) is 2.27. The maximum atomic E-state index is 12.1. The molecule has 0 fully saturated rings. The second kappa shape index (κ2) is 8.66. The molecule has 0 aliphatic heterocycles. The first kappa shape index (κ1) is 19.0. The first-order chi connectivity index (χ1) is 12.5. The molecule has 2 N–H and O–H groups in total. The van der Waals surface area contributed by atoms with Crippen molar-refractivity contribution in [2.75, 3.05) is 14.2 Å². The Morgan fingerprint density at radius 1 is 1.15 bits per heavy atom. The van der Waals surface area contributed by atoms with Crippen LogP contribution in [-0.2, 0) is 16.2 Å². The molecule has 0 unspecified atom stereocenters. The highest BCUT2D eigenvalue weighted by Gasteiger charge is 2.18. The Balaban J connectivity index is 2.35. The standard InChI is InChI=1S/C19H20N2O5/c1-12-8-9-15(19(23)24)16(10-12)26-11-13-6-4-5-7-14(13)17(21-25-3)18(22)20-2/h4-10H,11H2,1-3H3,(H,20,22)(H,23,24)/b21-17+. The fourth-order valence-electron chi connectivity index (χ4n) is 2.38. The van der Waals surface area contributed by atoms with E-state index in [0.29, 0.717) is 11.1 Å². The Morgan fingerprint density at radius 2 is 1.88 bits per heavy atom. The predicted octanol–water partition coefficient (Wildman–Crippen LogP) is 2.37. The van der Waals surface area contributed by atoms with Gasteiger partial charge in [-0.15, -0.1) is 0 Å². The summed E-state index contributed by atoms with van der Waals surface area (Å²) in [6.45, 7) is 1.92. The third kappa shape index (κ3) is 4.38. The number of ether oxygens (including phenoxy) is 1. The minimum atomic E-state index is -1.07. The SMILES string of the molecule is CNC(=O)/C(=N/OC)c1ccccc1COc1cc(C)ccc1C(=O)O. The molecule has 0 spiro atoms. The first-order valence-corrected chi connectivity index (χ1v) is 7.86. The minimum absolute atomic E-state index is 0.0691. The van der Waals surface area contributed by atoms with Crippen LogP contribution in [0.5, 0.6) is 5.75 Å². The summed E-state index contributed by atoms with van der Waals surface area (Å²) in [5, 5.41) is 15.6. The summed E-state index contributed by atoms with van der Waals surface area (Å²) in [4.78, 5) is 28.2. The average Bonchev–Trinajstić information content (AvgIpc) is 2.64. The molecule has 7 nitrogen and oxygen atoms in total. The van der Waals surface area contributed by atoms with E-state index in [1.54, 1.807) is 36.4 Å². The van der Waals surface area contributed by atoms with Crippen molar-refractivity contribution in [3.8, 4) is 5.75 Å². The van der Waals surface area contributed by atoms with Gasteiger partial charge in [-0.25, -0.2) is 4.79 Å². The van der Waals surface area contributed by atoms with Crippen molar-refractivity contribution in [3.05, 3.63) is 64.7 Å². The number of carboxylic acids is 1. The molecule has 0 atom stereocenters. The topological polar surface area (TPSA) is 97.2 Å². The smallest absolute Gasteiger partial charge is 0.339 e.